The first-order valence-electron chi connectivity index (χ1n) is 6.76. The fourth-order valence-electron chi connectivity index (χ4n) is 1.65. The molecule has 1 aromatic carbocycles. The molecule has 0 aromatic heterocycles. The van der Waals surface area contributed by atoms with Gasteiger partial charge in [0, 0.05) is 5.56 Å². The van der Waals surface area contributed by atoms with Crippen molar-refractivity contribution in [2.24, 2.45) is 5.73 Å². The van der Waals surface area contributed by atoms with E-state index in [0.717, 1.165) is 0 Å². The minimum absolute atomic E-state index is 0.139. The van der Waals surface area contributed by atoms with Crippen LogP contribution in [0.25, 0.3) is 0 Å². The third kappa shape index (κ3) is 6.20. The van der Waals surface area contributed by atoms with Crippen LogP contribution in [0.4, 0.5) is 0 Å². The highest BCUT2D eigenvalue weighted by Crippen LogP contribution is 2.09. The number of aliphatic hydroxyl groups is 1. The first-order valence-corrected chi connectivity index (χ1v) is 6.76. The topological polar surface area (TPSA) is 130 Å². The average Bonchev–Trinajstić information content (AvgIpc) is 2.43. The van der Waals surface area contributed by atoms with Gasteiger partial charge in [-0.3, -0.25) is 9.59 Å². The van der Waals surface area contributed by atoms with Crippen molar-refractivity contribution in [1.82, 2.24) is 5.32 Å². The normalized spacial score (nSPS) is 11.8. The molecule has 0 aliphatic rings. The molecule has 1 rings (SSSR count). The maximum Gasteiger partial charge on any atom is 0.326 e. The summed E-state index contributed by atoms with van der Waals surface area (Å²) in [5.41, 5.74) is 4.20. The lowest BCUT2D eigenvalue weighted by atomic mass is 10.0. The van der Waals surface area contributed by atoms with Crippen molar-refractivity contribution in [2.45, 2.75) is 31.9 Å². The predicted molar refractivity (Wildman–Crippen MR) is 82.3 cm³/mol. The van der Waals surface area contributed by atoms with Crippen molar-refractivity contribution >= 4 is 17.8 Å². The van der Waals surface area contributed by atoms with E-state index in [9.17, 15) is 19.5 Å². The van der Waals surface area contributed by atoms with Gasteiger partial charge in [-0.25, -0.2) is 4.79 Å². The monoisotopic (exact) mass is 318 g/mol. The summed E-state index contributed by atoms with van der Waals surface area (Å²) in [5.74, 6) is 2.36. The van der Waals surface area contributed by atoms with Crippen LogP contribution in [0, 0.1) is 11.8 Å². The lowest BCUT2D eigenvalue weighted by Gasteiger charge is -2.13. The van der Waals surface area contributed by atoms with Crippen LogP contribution in [0.5, 0.6) is 0 Å². The summed E-state index contributed by atoms with van der Waals surface area (Å²) >= 11 is 0. The molecule has 23 heavy (non-hydrogen) atoms. The molecule has 0 radical (unpaired) electrons. The maximum atomic E-state index is 12.2. The van der Waals surface area contributed by atoms with Crippen LogP contribution in [0.3, 0.4) is 0 Å². The smallest absolute Gasteiger partial charge is 0.326 e. The molecule has 0 heterocycles. The average molecular weight is 318 g/mol. The highest BCUT2D eigenvalue weighted by atomic mass is 16.4. The Balaban J connectivity index is 3.06. The van der Waals surface area contributed by atoms with Crippen LogP contribution in [0.15, 0.2) is 24.3 Å². The zero-order chi connectivity index (χ0) is 17.6. The zero-order valence-electron chi connectivity index (χ0n) is 12.8. The Morgan fingerprint density at radius 2 is 1.91 bits per heavy atom. The number of amides is 2. The lowest BCUT2D eigenvalue weighted by molar-refractivity contribution is -0.140. The first kappa shape index (κ1) is 18.2. The second-order valence-electron chi connectivity index (χ2n) is 5.39. The van der Waals surface area contributed by atoms with Gasteiger partial charge in [0.1, 0.15) is 11.6 Å². The largest absolute Gasteiger partial charge is 0.480 e. The van der Waals surface area contributed by atoms with E-state index >= 15 is 0 Å². The Morgan fingerprint density at radius 3 is 2.43 bits per heavy atom. The Hall–Kier alpha value is -2.85. The Morgan fingerprint density at radius 1 is 1.30 bits per heavy atom. The van der Waals surface area contributed by atoms with Gasteiger partial charge >= 0.3 is 5.97 Å². The summed E-state index contributed by atoms with van der Waals surface area (Å²) in [5, 5.41) is 20.9. The predicted octanol–water partition coefficient (Wildman–Crippen LogP) is -0.133. The van der Waals surface area contributed by atoms with Gasteiger partial charge in [-0.1, -0.05) is 24.0 Å². The van der Waals surface area contributed by atoms with Crippen LogP contribution >= 0.6 is 0 Å². The number of nitrogens with two attached hydrogens (primary N) is 1. The van der Waals surface area contributed by atoms with Crippen molar-refractivity contribution in [3.8, 4) is 11.8 Å². The van der Waals surface area contributed by atoms with E-state index in [1.807, 2.05) is 0 Å². The highest BCUT2D eigenvalue weighted by Gasteiger charge is 2.23. The van der Waals surface area contributed by atoms with Crippen molar-refractivity contribution in [3.05, 3.63) is 35.4 Å². The van der Waals surface area contributed by atoms with E-state index in [2.05, 4.69) is 17.2 Å². The number of benzene rings is 1. The van der Waals surface area contributed by atoms with Crippen LogP contribution in [0.1, 0.15) is 36.2 Å². The van der Waals surface area contributed by atoms with Gasteiger partial charge in [-0.15, -0.1) is 0 Å². The number of nitrogens with one attached hydrogen (secondary N) is 1. The van der Waals surface area contributed by atoms with Gasteiger partial charge in [0.25, 0.3) is 5.91 Å². The molecule has 0 aliphatic heterocycles. The summed E-state index contributed by atoms with van der Waals surface area (Å²) in [6.07, 6.45) is -0.515. The Kier molecular flexibility index (Phi) is 5.87. The fraction of sp³-hybridized carbons (Fsp3) is 0.312. The van der Waals surface area contributed by atoms with Crippen LogP contribution < -0.4 is 11.1 Å². The molecule has 0 bridgehead atoms. The molecule has 122 valence electrons. The SMILES string of the molecule is CC(C)(O)C#Cc1ccccc1C(=O)N[C@H](CC(N)=O)C(=O)O. The number of aliphatic carboxylic acids is 1. The summed E-state index contributed by atoms with van der Waals surface area (Å²) in [7, 11) is 0. The number of carboxylic acid groups (broad SMARTS) is 1. The molecule has 0 fully saturated rings. The van der Waals surface area contributed by atoms with E-state index in [-0.39, 0.29) is 5.56 Å². The maximum absolute atomic E-state index is 12.2. The van der Waals surface area contributed by atoms with Crippen molar-refractivity contribution in [3.63, 3.8) is 0 Å². The molecule has 0 saturated carbocycles. The third-order valence-electron chi connectivity index (χ3n) is 2.68. The molecule has 0 spiro atoms. The second kappa shape index (κ2) is 7.42. The minimum Gasteiger partial charge on any atom is -0.480 e. The molecule has 1 aromatic rings. The minimum atomic E-state index is -1.42. The van der Waals surface area contributed by atoms with Crippen LogP contribution in [-0.2, 0) is 9.59 Å². The number of carboxylic acids is 1. The number of carbonyl (C=O) groups excluding carboxylic acids is 2. The van der Waals surface area contributed by atoms with Gasteiger partial charge in [-0.05, 0) is 26.0 Å². The van der Waals surface area contributed by atoms with Crippen molar-refractivity contribution < 1.29 is 24.6 Å². The molecular weight excluding hydrogens is 300 g/mol. The van der Waals surface area contributed by atoms with Crippen LogP contribution in [-0.4, -0.2) is 39.6 Å². The van der Waals surface area contributed by atoms with Crippen molar-refractivity contribution in [2.75, 3.05) is 0 Å². The molecule has 7 nitrogen and oxygen atoms in total. The molecule has 1 atom stereocenters. The molecule has 0 saturated heterocycles. The molecule has 0 aliphatic carbocycles. The Bertz CT molecular complexity index is 680. The lowest BCUT2D eigenvalue weighted by Crippen LogP contribution is -2.43. The first-order chi connectivity index (χ1) is 10.6. The van der Waals surface area contributed by atoms with E-state index in [4.69, 9.17) is 10.8 Å². The van der Waals surface area contributed by atoms with E-state index in [1.165, 1.54) is 19.9 Å². The van der Waals surface area contributed by atoms with Crippen molar-refractivity contribution in [1.29, 1.82) is 0 Å². The summed E-state index contributed by atoms with van der Waals surface area (Å²) in [4.78, 5) is 34.2. The molecule has 2 amide bonds. The van der Waals surface area contributed by atoms with Gasteiger partial charge in [0.2, 0.25) is 5.91 Å². The van der Waals surface area contributed by atoms with E-state index < -0.39 is 35.8 Å². The highest BCUT2D eigenvalue weighted by molar-refractivity contribution is 5.99. The fourth-order valence-corrected chi connectivity index (χ4v) is 1.65. The summed E-state index contributed by atoms with van der Waals surface area (Å²) < 4.78 is 0. The summed E-state index contributed by atoms with van der Waals surface area (Å²) in [6, 6.07) is 4.86. The van der Waals surface area contributed by atoms with Crippen LogP contribution in [0.2, 0.25) is 0 Å². The second-order valence-corrected chi connectivity index (χ2v) is 5.39. The number of rotatable bonds is 5. The van der Waals surface area contributed by atoms with Gasteiger partial charge in [0.05, 0.1) is 12.0 Å². The molecule has 0 unspecified atom stereocenters. The van der Waals surface area contributed by atoms with E-state index in [1.54, 1.807) is 18.2 Å². The number of hydrogen-bond acceptors (Lipinski definition) is 4. The molecule has 7 heteroatoms. The quantitative estimate of drug-likeness (QED) is 0.562. The third-order valence-corrected chi connectivity index (χ3v) is 2.68. The summed E-state index contributed by atoms with van der Waals surface area (Å²) in [6.45, 7) is 2.99. The zero-order valence-corrected chi connectivity index (χ0v) is 12.8. The molecule has 5 N–H and O–H groups in total. The molecular formula is C16H18N2O5. The van der Waals surface area contributed by atoms with Gasteiger partial charge in [0.15, 0.2) is 0 Å². The number of carbonyl (C=O) groups is 3. The number of primary amides is 1. The number of hydrogen-bond donors (Lipinski definition) is 4. The van der Waals surface area contributed by atoms with Gasteiger partial charge in [-0.2, -0.15) is 0 Å². The van der Waals surface area contributed by atoms with E-state index in [0.29, 0.717) is 5.56 Å². The van der Waals surface area contributed by atoms with Gasteiger partial charge < -0.3 is 21.3 Å². The standard InChI is InChI=1S/C16H18N2O5/c1-16(2,23)8-7-10-5-3-4-6-11(10)14(20)18-12(15(21)22)9-13(17)19/h3-6,12,23H,9H2,1-2H3,(H2,17,19)(H,18,20)(H,21,22)/t12-/m1/s1. The Labute approximate surface area is 133 Å².